The summed E-state index contributed by atoms with van der Waals surface area (Å²) in [6.07, 6.45) is -2.42. The Morgan fingerprint density at radius 3 is 1.32 bits per heavy atom. The highest BCUT2D eigenvalue weighted by atomic mass is 19.4. The molecule has 9 saturated carbocycles. The zero-order chi connectivity index (χ0) is 89.1. The Kier molecular flexibility index (Phi) is 27.0. The van der Waals surface area contributed by atoms with E-state index in [1.165, 1.54) is 7.11 Å². The third-order valence-corrected chi connectivity index (χ3v) is 28.8. The van der Waals surface area contributed by atoms with Gasteiger partial charge in [0.2, 0.25) is 0 Å². The summed E-state index contributed by atoms with van der Waals surface area (Å²) in [7, 11) is 1.24. The quantitative estimate of drug-likeness (QED) is 0.0309. The Bertz CT molecular complexity index is 4110. The molecule has 0 spiro atoms. The minimum atomic E-state index is -4.69. The zero-order valence-corrected chi connectivity index (χ0v) is 71.4. The van der Waals surface area contributed by atoms with Crippen molar-refractivity contribution in [3.8, 4) is 6.07 Å². The van der Waals surface area contributed by atoms with Gasteiger partial charge < -0.3 is 80.5 Å². The average molecular weight is 1720 g/mol. The number of nitrogens with zero attached hydrogens (tertiary/aromatic N) is 1. The molecule has 25 atom stereocenters. The number of esters is 15. The topological polar surface area (TPSA) is 437 Å². The van der Waals surface area contributed by atoms with Crippen molar-refractivity contribution in [2.24, 2.45) is 102 Å². The number of hydrogen-bond donors (Lipinski definition) is 0. The van der Waals surface area contributed by atoms with Crippen molar-refractivity contribution in [1.82, 2.24) is 0 Å². The molecule has 0 aromatic heterocycles. The molecule has 7 saturated heterocycles. The Morgan fingerprint density at radius 1 is 0.438 bits per heavy atom. The summed E-state index contributed by atoms with van der Waals surface area (Å²) in [6.45, 7) is 25.9. The Morgan fingerprint density at radius 2 is 0.851 bits per heavy atom. The predicted octanol–water partition coefficient (Wildman–Crippen LogP) is 8.05. The molecular weight excluding hydrogens is 1600 g/mol. The molecule has 0 aromatic carbocycles. The van der Waals surface area contributed by atoms with Crippen molar-refractivity contribution < 1.29 is 166 Å². The van der Waals surface area contributed by atoms with Gasteiger partial charge in [-0.25, -0.2) is 19.2 Å². The zero-order valence-electron chi connectivity index (χ0n) is 71.4. The fourth-order valence-electron chi connectivity index (χ4n) is 19.5. The van der Waals surface area contributed by atoms with Crippen LogP contribution in [0.3, 0.4) is 0 Å². The minimum Gasteiger partial charge on any atom is -0.468 e. The summed E-state index contributed by atoms with van der Waals surface area (Å²) in [4.78, 5) is 179. The summed E-state index contributed by atoms with van der Waals surface area (Å²) < 4.78 is 130. The van der Waals surface area contributed by atoms with E-state index in [2.05, 4.69) is 0 Å². The van der Waals surface area contributed by atoms with E-state index in [0.29, 0.717) is 63.6 Å². The van der Waals surface area contributed by atoms with Crippen LogP contribution < -0.4 is 0 Å². The van der Waals surface area contributed by atoms with Gasteiger partial charge in [0.15, 0.2) is 54.9 Å². The van der Waals surface area contributed by atoms with Crippen LogP contribution in [0.1, 0.15) is 207 Å². The number of carbonyl (C=O) groups excluding carboxylic acids is 15. The molecule has 33 nitrogen and oxygen atoms in total. The van der Waals surface area contributed by atoms with Crippen LogP contribution in [-0.2, 0) is 152 Å². The number of nitriles is 1. The van der Waals surface area contributed by atoms with Crippen LogP contribution in [0.4, 0.5) is 13.2 Å². The number of methoxy groups -OCH3 is 1. The summed E-state index contributed by atoms with van der Waals surface area (Å²) in [6, 6.07) is 1.98. The van der Waals surface area contributed by atoms with Gasteiger partial charge in [0.1, 0.15) is 54.9 Å². The summed E-state index contributed by atoms with van der Waals surface area (Å²) in [5, 5.41) is 9.25. The molecular formula is C85H114F3NO32. The van der Waals surface area contributed by atoms with E-state index in [9.17, 15) is 90.4 Å². The number of alkyl halides is 3. The standard InChI is InChI=1S/C18H24O8.C17H21F3O6.C17H24O6.C17H26O5.C16H19NO7/c1-5-17(2,3)14(20)24-8-11(19)25-12-9-6-10-13(12)26-16(22)18(10,7-9)15(21)23-4;1-4-15(2,3)13(22)24-7-10(21)25-11-8-5-9-12(11)26-14(23)16(9,6-8)17(18,19)20;1-4-17(2,3)16(20)21-8-12(18)22-13-9-5-6-10-11(7-9)15(19)23-14(10)13;1-4-17(2,3)16(19)21-7-5-6-20-13-10-8-11-12(9-10)15(18)22-14(11)13;1-4-15(2,3)13(19)21-6-9(18)23-10-8-5-16(7-17)12(22-8)11(10)24-14(16)20/h9-10,12-13H,5-8H2,1-4H3;8-9,11-12H,4-7H2,1-3H3;9-11,13-14H,4-8H2,1-3H3;10-14H,4-9H2,1-3H3;8,10-12H,4-6H2,1-3H3. The van der Waals surface area contributed by atoms with Crippen molar-refractivity contribution in [1.29, 1.82) is 5.26 Å². The molecule has 0 amide bonds. The maximum Gasteiger partial charge on any atom is 0.405 e. The van der Waals surface area contributed by atoms with Crippen LogP contribution in [0.2, 0.25) is 0 Å². The molecule has 9 aliphatic carbocycles. The molecule has 7 heterocycles. The van der Waals surface area contributed by atoms with Crippen molar-refractivity contribution >= 4 is 89.5 Å². The normalized spacial score (nSPS) is 35.3. The highest BCUT2D eigenvalue weighted by molar-refractivity contribution is 6.03. The highest BCUT2D eigenvalue weighted by Crippen LogP contribution is 2.68. The fourth-order valence-corrected chi connectivity index (χ4v) is 19.5. The minimum absolute atomic E-state index is 0.0168. The number of fused-ring (bicyclic) bond motifs is 5. The van der Waals surface area contributed by atoms with Crippen LogP contribution in [0.5, 0.6) is 0 Å². The molecule has 0 aromatic rings. The van der Waals surface area contributed by atoms with E-state index in [-0.39, 0.29) is 104 Å². The predicted molar refractivity (Wildman–Crippen MR) is 399 cm³/mol. The fraction of sp³-hybridized carbons (Fsp3) is 0.812. The van der Waals surface area contributed by atoms with Gasteiger partial charge in [0, 0.05) is 54.3 Å². The smallest absolute Gasteiger partial charge is 0.405 e. The van der Waals surface area contributed by atoms with E-state index in [1.807, 2.05) is 47.6 Å². The molecule has 36 heteroatoms. The summed E-state index contributed by atoms with van der Waals surface area (Å²) >= 11 is 0. The van der Waals surface area contributed by atoms with Crippen molar-refractivity contribution in [2.75, 3.05) is 46.8 Å². The molecule has 7 aliphatic heterocycles. The first kappa shape index (κ1) is 93.0. The van der Waals surface area contributed by atoms with E-state index in [0.717, 1.165) is 38.5 Å². The lowest BCUT2D eigenvalue weighted by molar-refractivity contribution is -0.231. The first-order valence-electron chi connectivity index (χ1n) is 42.1. The Balaban J connectivity index is 0.000000148. The van der Waals surface area contributed by atoms with E-state index < -0.39 is 208 Å². The van der Waals surface area contributed by atoms with Gasteiger partial charge in [0.25, 0.3) is 0 Å². The van der Waals surface area contributed by atoms with E-state index in [4.69, 9.17) is 80.5 Å². The Hall–Kier alpha value is -8.75. The van der Waals surface area contributed by atoms with Crippen molar-refractivity contribution in [2.45, 2.75) is 286 Å². The Labute approximate surface area is 699 Å². The monoisotopic (exact) mass is 1720 g/mol. The van der Waals surface area contributed by atoms with Gasteiger partial charge in [-0.3, -0.25) is 52.7 Å². The number of rotatable bonds is 28. The van der Waals surface area contributed by atoms with Gasteiger partial charge >= 0.3 is 95.7 Å². The molecule has 672 valence electrons. The van der Waals surface area contributed by atoms with Crippen LogP contribution in [-0.4, -0.2) is 216 Å². The number of ether oxygens (including phenoxy) is 17. The van der Waals surface area contributed by atoms with Crippen molar-refractivity contribution in [3.63, 3.8) is 0 Å². The highest BCUT2D eigenvalue weighted by Gasteiger charge is 2.81. The van der Waals surface area contributed by atoms with Crippen LogP contribution >= 0.6 is 0 Å². The van der Waals surface area contributed by atoms with Gasteiger partial charge in [-0.1, -0.05) is 34.6 Å². The molecule has 121 heavy (non-hydrogen) atoms. The lowest BCUT2D eigenvalue weighted by atomic mass is 9.63. The average Bonchev–Trinajstić information content (AvgIpc) is 1.52. The van der Waals surface area contributed by atoms with Crippen LogP contribution in [0, 0.1) is 114 Å². The SMILES string of the molecule is CCC(C)(C)C(=O)OCC(=O)OC1C2CC3(C#N)C(=O)OC1C3O2.CCC(C)(C)C(=O)OCC(=O)OC1C2CC3C1OC(=O)C3(C(=O)OC)C2.CCC(C)(C)C(=O)OCC(=O)OC1C2CC3C1OC(=O)C3(C(F)(F)F)C2.CCC(C)(C)C(=O)OCC(=O)OC1C2CCC3C(C2)C(=O)OC31.CCC(C)(C)C(=O)OCCCOC1C2CC3C(=O)OC1C3C2. The second-order valence-corrected chi connectivity index (χ2v) is 37.8. The van der Waals surface area contributed by atoms with Gasteiger partial charge in [-0.15, -0.1) is 0 Å². The number of carbonyl (C=O) groups is 15. The lowest BCUT2D eigenvalue weighted by Gasteiger charge is -2.43. The molecule has 0 N–H and O–H groups in total. The first-order valence-corrected chi connectivity index (χ1v) is 42.1. The summed E-state index contributed by atoms with van der Waals surface area (Å²) in [5.74, 6) is -9.00. The molecule has 16 aliphatic rings. The van der Waals surface area contributed by atoms with Crippen LogP contribution in [0.25, 0.3) is 0 Å². The van der Waals surface area contributed by atoms with E-state index in [1.54, 1.807) is 62.3 Å². The molecule has 12 bridgehead atoms. The first-order chi connectivity index (χ1) is 56.6. The third-order valence-electron chi connectivity index (χ3n) is 28.8. The van der Waals surface area contributed by atoms with Gasteiger partial charge in [0.05, 0.1) is 71.4 Å². The third kappa shape index (κ3) is 17.4. The largest absolute Gasteiger partial charge is 0.468 e. The van der Waals surface area contributed by atoms with Gasteiger partial charge in [-0.05, 0) is 165 Å². The lowest BCUT2D eigenvalue weighted by Crippen LogP contribution is -2.50. The molecule has 0 radical (unpaired) electrons. The number of hydrogen-bond acceptors (Lipinski definition) is 33. The second kappa shape index (κ2) is 35.1. The van der Waals surface area contributed by atoms with E-state index >= 15 is 0 Å². The molecule has 25 unspecified atom stereocenters. The molecule has 16 rings (SSSR count). The maximum atomic E-state index is 13.4. The summed E-state index contributed by atoms with van der Waals surface area (Å²) in [5.41, 5.74) is -8.14. The van der Waals surface area contributed by atoms with Gasteiger partial charge in [-0.2, -0.15) is 18.4 Å². The maximum absolute atomic E-state index is 13.4. The molecule has 16 fully saturated rings. The second-order valence-electron chi connectivity index (χ2n) is 37.8. The van der Waals surface area contributed by atoms with Crippen LogP contribution in [0.15, 0.2) is 0 Å². The van der Waals surface area contributed by atoms with Crippen molar-refractivity contribution in [3.05, 3.63) is 0 Å². The number of halogens is 3.